The van der Waals surface area contributed by atoms with Gasteiger partial charge in [-0.1, -0.05) is 26.0 Å². The van der Waals surface area contributed by atoms with Crippen molar-refractivity contribution in [3.05, 3.63) is 77.4 Å². The van der Waals surface area contributed by atoms with Crippen LogP contribution < -0.4 is 14.2 Å². The van der Waals surface area contributed by atoms with Gasteiger partial charge in [-0.3, -0.25) is 4.79 Å². The minimum absolute atomic E-state index is 0.135. The predicted octanol–water partition coefficient (Wildman–Crippen LogP) is 8.69. The average molecular weight is 595 g/mol. The molecule has 0 aliphatic heterocycles. The molecule has 3 aromatic carbocycles. The number of esters is 1. The van der Waals surface area contributed by atoms with Crippen LogP contribution in [-0.4, -0.2) is 25.1 Å². The van der Waals surface area contributed by atoms with Gasteiger partial charge >= 0.3 is 5.97 Å². The number of benzene rings is 3. The fourth-order valence-electron chi connectivity index (χ4n) is 4.82. The van der Waals surface area contributed by atoms with Crippen LogP contribution in [0.3, 0.4) is 0 Å². The van der Waals surface area contributed by atoms with E-state index in [0.717, 1.165) is 49.9 Å². The molecule has 226 valence electrons. The second-order valence-electron chi connectivity index (χ2n) is 10.7. The Bertz CT molecular complexity index is 1380. The van der Waals surface area contributed by atoms with Crippen LogP contribution in [0.5, 0.6) is 17.2 Å². The Hall–Kier alpha value is -3.69. The molecule has 4 rings (SSSR count). The molecule has 10 heteroatoms. The fraction of sp³-hybridized carbons (Fsp3) is 0.406. The molecule has 1 aliphatic rings. The zero-order valence-corrected chi connectivity index (χ0v) is 23.3. The van der Waals surface area contributed by atoms with E-state index >= 15 is 0 Å². The zero-order chi connectivity index (χ0) is 30.4. The molecule has 0 N–H and O–H groups in total. The van der Waals surface area contributed by atoms with Crippen molar-refractivity contribution in [1.82, 2.24) is 0 Å². The molecule has 0 bridgehead atoms. The molecule has 0 saturated heterocycles. The normalized spacial score (nSPS) is 17.1. The number of hydrogen-bond acceptors (Lipinski definition) is 4. The Morgan fingerprint density at radius 2 is 1.33 bits per heavy atom. The second kappa shape index (κ2) is 13.5. The summed E-state index contributed by atoms with van der Waals surface area (Å²) in [6, 6.07) is 9.56. The van der Waals surface area contributed by atoms with Crippen molar-refractivity contribution >= 4 is 5.97 Å². The number of alkyl halides is 2. The van der Waals surface area contributed by atoms with E-state index in [2.05, 4.69) is 6.92 Å². The van der Waals surface area contributed by atoms with Crippen molar-refractivity contribution in [2.24, 2.45) is 11.8 Å². The highest BCUT2D eigenvalue weighted by Gasteiger charge is 2.32. The molecule has 1 saturated carbocycles. The van der Waals surface area contributed by atoms with Gasteiger partial charge in [0.2, 0.25) is 11.6 Å². The molecule has 0 amide bonds. The smallest absolute Gasteiger partial charge is 0.314 e. The van der Waals surface area contributed by atoms with E-state index < -0.39 is 59.1 Å². The number of carbonyl (C=O) groups is 1. The largest absolute Gasteiger partial charge is 0.490 e. The lowest BCUT2D eigenvalue weighted by molar-refractivity contribution is -0.140. The Morgan fingerprint density at radius 1 is 0.786 bits per heavy atom. The van der Waals surface area contributed by atoms with Gasteiger partial charge in [-0.15, -0.1) is 0 Å². The zero-order valence-electron chi connectivity index (χ0n) is 23.3. The van der Waals surface area contributed by atoms with Crippen molar-refractivity contribution < 1.29 is 45.3 Å². The van der Waals surface area contributed by atoms with Crippen molar-refractivity contribution in [3.8, 4) is 28.4 Å². The van der Waals surface area contributed by atoms with Crippen LogP contribution in [0.2, 0.25) is 0 Å². The molecule has 0 atom stereocenters. The van der Waals surface area contributed by atoms with Crippen LogP contribution in [0.25, 0.3) is 11.1 Å². The Kier molecular flexibility index (Phi) is 10.1. The van der Waals surface area contributed by atoms with Crippen molar-refractivity contribution in [3.63, 3.8) is 0 Å². The van der Waals surface area contributed by atoms with Gasteiger partial charge in [0, 0.05) is 17.5 Å². The number of ether oxygens (including phenoxy) is 3. The third-order valence-electron chi connectivity index (χ3n) is 7.24. The van der Waals surface area contributed by atoms with Crippen LogP contribution >= 0.6 is 0 Å². The molecule has 0 aromatic heterocycles. The highest BCUT2D eigenvalue weighted by Crippen LogP contribution is 2.35. The second-order valence-corrected chi connectivity index (χ2v) is 10.7. The van der Waals surface area contributed by atoms with Crippen LogP contribution in [-0.2, 0) is 11.2 Å². The highest BCUT2D eigenvalue weighted by molar-refractivity contribution is 5.75. The number of halogens is 6. The van der Waals surface area contributed by atoms with Crippen LogP contribution in [0.15, 0.2) is 48.5 Å². The molecular formula is C32H32F6O4. The first-order chi connectivity index (χ1) is 20.0. The quantitative estimate of drug-likeness (QED) is 0.127. The maximum atomic E-state index is 14.8. The minimum Gasteiger partial charge on any atom is -0.490 e. The lowest BCUT2D eigenvalue weighted by Gasteiger charge is -2.24. The topological polar surface area (TPSA) is 44.8 Å². The summed E-state index contributed by atoms with van der Waals surface area (Å²) in [5.74, 6) is -10.3. The van der Waals surface area contributed by atoms with Gasteiger partial charge in [0.05, 0.1) is 12.5 Å². The summed E-state index contributed by atoms with van der Waals surface area (Å²) in [5, 5.41) is 0. The van der Waals surface area contributed by atoms with Gasteiger partial charge in [-0.2, -0.15) is 8.78 Å². The van der Waals surface area contributed by atoms with Crippen LogP contribution in [0, 0.1) is 35.1 Å². The monoisotopic (exact) mass is 594 g/mol. The molecule has 0 unspecified atom stereocenters. The van der Waals surface area contributed by atoms with Gasteiger partial charge < -0.3 is 14.2 Å². The summed E-state index contributed by atoms with van der Waals surface area (Å²) in [6.07, 6.45) is 3.20. The van der Waals surface area contributed by atoms with E-state index in [9.17, 15) is 31.1 Å². The van der Waals surface area contributed by atoms with Crippen LogP contribution in [0.1, 0.15) is 51.5 Å². The molecule has 3 aromatic rings. The molecule has 42 heavy (non-hydrogen) atoms. The first kappa shape index (κ1) is 31.3. The summed E-state index contributed by atoms with van der Waals surface area (Å²) in [7, 11) is 0. The third kappa shape index (κ3) is 7.57. The van der Waals surface area contributed by atoms with Gasteiger partial charge in [-0.25, -0.2) is 17.6 Å². The summed E-state index contributed by atoms with van der Waals surface area (Å²) in [5.41, 5.74) is -0.961. The lowest BCUT2D eigenvalue weighted by atomic mass is 9.83. The third-order valence-corrected chi connectivity index (χ3v) is 7.24. The number of carbonyl (C=O) groups excluding carboxylic acids is 1. The molecule has 1 aliphatic carbocycles. The SMILES string of the molecule is CCCOc1ccc(-c2ccc(OCC(F)(F)Cc3ccc(OC(=O)C4CCC(C)CC4)cc3)c(F)c2F)c(F)c1F. The van der Waals surface area contributed by atoms with Gasteiger partial charge in [0.25, 0.3) is 5.92 Å². The van der Waals surface area contributed by atoms with E-state index in [4.69, 9.17) is 14.2 Å². The molecule has 4 nitrogen and oxygen atoms in total. The van der Waals surface area contributed by atoms with Gasteiger partial charge in [0.15, 0.2) is 29.7 Å². The van der Waals surface area contributed by atoms with E-state index in [0.29, 0.717) is 12.3 Å². The lowest BCUT2D eigenvalue weighted by Crippen LogP contribution is -2.28. The molecule has 0 spiro atoms. The van der Waals surface area contributed by atoms with Crippen molar-refractivity contribution in [1.29, 1.82) is 0 Å². The Morgan fingerprint density at radius 3 is 1.88 bits per heavy atom. The molecule has 0 radical (unpaired) electrons. The van der Waals surface area contributed by atoms with E-state index in [1.165, 1.54) is 24.3 Å². The van der Waals surface area contributed by atoms with Crippen LogP contribution in [0.4, 0.5) is 26.3 Å². The van der Waals surface area contributed by atoms with Gasteiger partial charge in [0.1, 0.15) is 5.75 Å². The summed E-state index contributed by atoms with van der Waals surface area (Å²) < 4.78 is 103. The van der Waals surface area contributed by atoms with Crippen molar-refractivity contribution in [2.75, 3.05) is 13.2 Å². The minimum atomic E-state index is -3.47. The highest BCUT2D eigenvalue weighted by atomic mass is 19.3. The predicted molar refractivity (Wildman–Crippen MR) is 145 cm³/mol. The maximum absolute atomic E-state index is 14.8. The average Bonchev–Trinajstić information content (AvgIpc) is 2.96. The number of hydrogen-bond donors (Lipinski definition) is 0. The molecular weight excluding hydrogens is 562 g/mol. The van der Waals surface area contributed by atoms with Gasteiger partial charge in [-0.05, 0) is 80.0 Å². The first-order valence-corrected chi connectivity index (χ1v) is 13.9. The first-order valence-electron chi connectivity index (χ1n) is 13.9. The van der Waals surface area contributed by atoms with E-state index in [1.807, 2.05) is 0 Å². The maximum Gasteiger partial charge on any atom is 0.314 e. The Balaban J connectivity index is 1.36. The molecule has 1 fully saturated rings. The molecule has 0 heterocycles. The summed E-state index contributed by atoms with van der Waals surface area (Å²) in [4.78, 5) is 12.4. The summed E-state index contributed by atoms with van der Waals surface area (Å²) >= 11 is 0. The number of rotatable bonds is 11. The van der Waals surface area contributed by atoms with E-state index in [1.54, 1.807) is 6.92 Å². The van der Waals surface area contributed by atoms with E-state index in [-0.39, 0.29) is 35.6 Å². The fourth-order valence-corrected chi connectivity index (χ4v) is 4.82. The summed E-state index contributed by atoms with van der Waals surface area (Å²) in [6.45, 7) is 2.78. The standard InChI is InChI=1S/C32H32F6O4/c1-3-16-40-25-14-12-23(27(33)29(25)35)24-13-15-26(30(36)28(24)34)41-18-32(37,38)17-20-6-10-22(11-7-20)42-31(39)21-8-4-19(2)5-9-21/h6-7,10-15,19,21H,3-5,8-9,16-18H2,1-2H3. The Labute approximate surface area is 240 Å². The van der Waals surface area contributed by atoms with Crippen molar-refractivity contribution in [2.45, 2.75) is 58.3 Å².